The van der Waals surface area contributed by atoms with E-state index >= 15 is 0 Å². The number of carbonyl (C=O) groups is 1. The molecule has 108 valence electrons. The Balaban J connectivity index is 1.75. The van der Waals surface area contributed by atoms with E-state index in [-0.39, 0.29) is 29.0 Å². The Hall–Kier alpha value is -2.16. The fourth-order valence-corrected chi connectivity index (χ4v) is 3.16. The highest BCUT2D eigenvalue weighted by atomic mass is 19.1. The second kappa shape index (κ2) is 4.99. The minimum Gasteiger partial charge on any atom is -0.326 e. The molecule has 1 amide bonds. The average Bonchev–Trinajstić information content (AvgIpc) is 3.05. The Labute approximate surface area is 124 Å². The van der Waals surface area contributed by atoms with E-state index in [1.807, 2.05) is 18.2 Å². The van der Waals surface area contributed by atoms with Crippen molar-refractivity contribution in [2.45, 2.75) is 19.8 Å². The maximum atomic E-state index is 12.9. The van der Waals surface area contributed by atoms with Gasteiger partial charge in [-0.3, -0.25) is 4.79 Å². The van der Waals surface area contributed by atoms with Gasteiger partial charge in [0.1, 0.15) is 5.82 Å². The molecular weight excluding hydrogens is 265 g/mol. The van der Waals surface area contributed by atoms with Gasteiger partial charge in [0.2, 0.25) is 5.91 Å². The van der Waals surface area contributed by atoms with Crippen molar-refractivity contribution in [3.63, 3.8) is 0 Å². The van der Waals surface area contributed by atoms with Crippen LogP contribution in [0.3, 0.4) is 0 Å². The molecule has 2 nitrogen and oxygen atoms in total. The molecule has 3 heteroatoms. The second-order valence-electron chi connectivity index (χ2n) is 6.18. The standard InChI is InChI=1S/C18H18FNO/c1-18(2)15(12-6-4-3-5-7-12)16(18)17(21)20-14-10-8-13(19)9-11-14/h3-11,15-16H,1-2H3,(H,20,21)/t15?,16-/m0/s1. The highest BCUT2D eigenvalue weighted by molar-refractivity contribution is 5.96. The van der Waals surface area contributed by atoms with E-state index in [0.29, 0.717) is 5.69 Å². The van der Waals surface area contributed by atoms with E-state index in [1.54, 1.807) is 12.1 Å². The first kappa shape index (κ1) is 13.8. The molecule has 0 aliphatic heterocycles. The summed E-state index contributed by atoms with van der Waals surface area (Å²) >= 11 is 0. The molecule has 0 aromatic heterocycles. The summed E-state index contributed by atoms with van der Waals surface area (Å²) in [4.78, 5) is 12.5. The van der Waals surface area contributed by atoms with Crippen LogP contribution in [-0.4, -0.2) is 5.91 Å². The molecule has 2 aromatic carbocycles. The van der Waals surface area contributed by atoms with E-state index in [0.717, 1.165) is 0 Å². The van der Waals surface area contributed by atoms with Crippen molar-refractivity contribution in [1.82, 2.24) is 0 Å². The molecule has 2 aromatic rings. The number of anilines is 1. The summed E-state index contributed by atoms with van der Waals surface area (Å²) in [6.07, 6.45) is 0. The normalized spacial score (nSPS) is 22.6. The van der Waals surface area contributed by atoms with E-state index in [4.69, 9.17) is 0 Å². The van der Waals surface area contributed by atoms with Crippen LogP contribution in [-0.2, 0) is 4.79 Å². The zero-order chi connectivity index (χ0) is 15.0. The summed E-state index contributed by atoms with van der Waals surface area (Å²) in [5.41, 5.74) is 1.78. The van der Waals surface area contributed by atoms with Gasteiger partial charge in [-0.25, -0.2) is 4.39 Å². The van der Waals surface area contributed by atoms with Crippen LogP contribution in [0.1, 0.15) is 25.3 Å². The smallest absolute Gasteiger partial charge is 0.228 e. The molecule has 3 rings (SSSR count). The highest BCUT2D eigenvalue weighted by Gasteiger charge is 2.62. The lowest BCUT2D eigenvalue weighted by Crippen LogP contribution is -2.16. The Morgan fingerprint density at radius 2 is 1.67 bits per heavy atom. The Morgan fingerprint density at radius 1 is 1.05 bits per heavy atom. The number of benzene rings is 2. The molecule has 1 N–H and O–H groups in total. The first-order valence-corrected chi connectivity index (χ1v) is 7.11. The SMILES string of the molecule is CC1(C)C(c2ccccc2)[C@H]1C(=O)Nc1ccc(F)cc1. The second-order valence-corrected chi connectivity index (χ2v) is 6.18. The molecule has 1 aliphatic rings. The van der Waals surface area contributed by atoms with Gasteiger partial charge in [-0.05, 0) is 35.2 Å². The van der Waals surface area contributed by atoms with Crippen LogP contribution < -0.4 is 5.32 Å². The summed E-state index contributed by atoms with van der Waals surface area (Å²) in [7, 11) is 0. The third-order valence-corrected chi connectivity index (χ3v) is 4.38. The van der Waals surface area contributed by atoms with Gasteiger partial charge in [-0.15, -0.1) is 0 Å². The number of hydrogen-bond acceptors (Lipinski definition) is 1. The summed E-state index contributed by atoms with van der Waals surface area (Å²) in [5, 5.41) is 2.88. The highest BCUT2D eigenvalue weighted by Crippen LogP contribution is 2.64. The fourth-order valence-electron chi connectivity index (χ4n) is 3.16. The predicted octanol–water partition coefficient (Wildman–Crippen LogP) is 4.20. The van der Waals surface area contributed by atoms with Gasteiger partial charge in [0.15, 0.2) is 0 Å². The molecular formula is C18H18FNO. The van der Waals surface area contributed by atoms with Crippen molar-refractivity contribution >= 4 is 11.6 Å². The molecule has 1 unspecified atom stereocenters. The van der Waals surface area contributed by atoms with Crippen molar-refractivity contribution in [3.05, 3.63) is 66.0 Å². The van der Waals surface area contributed by atoms with Gasteiger partial charge in [0, 0.05) is 11.6 Å². The number of halogens is 1. The number of hydrogen-bond donors (Lipinski definition) is 1. The summed E-state index contributed by atoms with van der Waals surface area (Å²) in [5.74, 6) is -0.119. The predicted molar refractivity (Wildman–Crippen MR) is 81.5 cm³/mol. The third-order valence-electron chi connectivity index (χ3n) is 4.38. The lowest BCUT2D eigenvalue weighted by molar-refractivity contribution is -0.118. The van der Waals surface area contributed by atoms with Crippen LogP contribution >= 0.6 is 0 Å². The van der Waals surface area contributed by atoms with Gasteiger partial charge >= 0.3 is 0 Å². The molecule has 0 spiro atoms. The zero-order valence-electron chi connectivity index (χ0n) is 12.1. The molecule has 21 heavy (non-hydrogen) atoms. The van der Waals surface area contributed by atoms with E-state index < -0.39 is 0 Å². The molecule has 0 saturated heterocycles. The number of nitrogens with one attached hydrogen (secondary N) is 1. The lowest BCUT2D eigenvalue weighted by atomic mass is 10.0. The van der Waals surface area contributed by atoms with Gasteiger partial charge in [-0.1, -0.05) is 44.2 Å². The van der Waals surface area contributed by atoms with Gasteiger partial charge in [-0.2, -0.15) is 0 Å². The number of amides is 1. The van der Waals surface area contributed by atoms with Crippen LogP contribution in [0.4, 0.5) is 10.1 Å². The summed E-state index contributed by atoms with van der Waals surface area (Å²) in [6.45, 7) is 4.22. The molecule has 1 saturated carbocycles. The first-order valence-electron chi connectivity index (χ1n) is 7.11. The van der Waals surface area contributed by atoms with Crippen molar-refractivity contribution < 1.29 is 9.18 Å². The van der Waals surface area contributed by atoms with E-state index in [9.17, 15) is 9.18 Å². The van der Waals surface area contributed by atoms with Gasteiger partial charge in [0.05, 0.1) is 5.92 Å². The third kappa shape index (κ3) is 2.56. The van der Waals surface area contributed by atoms with Gasteiger partial charge < -0.3 is 5.32 Å². The number of rotatable bonds is 3. The van der Waals surface area contributed by atoms with Crippen LogP contribution in [0.5, 0.6) is 0 Å². The van der Waals surface area contributed by atoms with Crippen LogP contribution in [0, 0.1) is 17.2 Å². The topological polar surface area (TPSA) is 29.1 Å². The van der Waals surface area contributed by atoms with Crippen molar-refractivity contribution in [3.8, 4) is 0 Å². The van der Waals surface area contributed by atoms with Crippen LogP contribution in [0.25, 0.3) is 0 Å². The average molecular weight is 283 g/mol. The van der Waals surface area contributed by atoms with Gasteiger partial charge in [0.25, 0.3) is 0 Å². The first-order chi connectivity index (χ1) is 10.00. The largest absolute Gasteiger partial charge is 0.326 e. The van der Waals surface area contributed by atoms with E-state index in [2.05, 4.69) is 31.3 Å². The molecule has 0 radical (unpaired) electrons. The van der Waals surface area contributed by atoms with Crippen LogP contribution in [0.15, 0.2) is 54.6 Å². The number of carbonyl (C=O) groups excluding carboxylic acids is 1. The Kier molecular flexibility index (Phi) is 3.28. The lowest BCUT2D eigenvalue weighted by Gasteiger charge is -2.05. The molecule has 0 bridgehead atoms. The minimum absolute atomic E-state index is 0.000427. The minimum atomic E-state index is -0.304. The summed E-state index contributed by atoms with van der Waals surface area (Å²) < 4.78 is 12.9. The maximum Gasteiger partial charge on any atom is 0.228 e. The molecule has 1 fully saturated rings. The maximum absolute atomic E-state index is 12.9. The van der Waals surface area contributed by atoms with Crippen molar-refractivity contribution in [1.29, 1.82) is 0 Å². The molecule has 1 aliphatic carbocycles. The van der Waals surface area contributed by atoms with Crippen LogP contribution in [0.2, 0.25) is 0 Å². The van der Waals surface area contributed by atoms with Crippen molar-refractivity contribution in [2.24, 2.45) is 11.3 Å². The molecule has 2 atom stereocenters. The fraction of sp³-hybridized carbons (Fsp3) is 0.278. The quantitative estimate of drug-likeness (QED) is 0.898. The Bertz CT molecular complexity index is 649. The summed E-state index contributed by atoms with van der Waals surface area (Å²) in [6, 6.07) is 16.0. The molecule has 0 heterocycles. The van der Waals surface area contributed by atoms with E-state index in [1.165, 1.54) is 17.7 Å². The monoisotopic (exact) mass is 283 g/mol. The zero-order valence-corrected chi connectivity index (χ0v) is 12.1. The Morgan fingerprint density at radius 3 is 2.29 bits per heavy atom. The van der Waals surface area contributed by atoms with Crippen molar-refractivity contribution in [2.75, 3.05) is 5.32 Å².